The average Bonchev–Trinajstić information content (AvgIpc) is 2.74. The van der Waals surface area contributed by atoms with Crippen LogP contribution in [-0.2, 0) is 6.54 Å². The number of aromatic amines is 1. The Morgan fingerprint density at radius 1 is 1.25 bits per heavy atom. The van der Waals surface area contributed by atoms with E-state index in [-0.39, 0.29) is 11.5 Å². The summed E-state index contributed by atoms with van der Waals surface area (Å²) in [5.74, 6) is 0.929. The van der Waals surface area contributed by atoms with E-state index in [1.54, 1.807) is 13.3 Å². The van der Waals surface area contributed by atoms with Crippen LogP contribution in [0.4, 0.5) is 0 Å². The van der Waals surface area contributed by atoms with Gasteiger partial charge in [-0.25, -0.2) is 0 Å². The molecule has 3 aromatic rings. The van der Waals surface area contributed by atoms with Gasteiger partial charge in [0.15, 0.2) is 0 Å². The molecule has 1 fully saturated rings. The molecule has 1 atom stereocenters. The van der Waals surface area contributed by atoms with Gasteiger partial charge < -0.3 is 14.8 Å². The zero-order valence-corrected chi connectivity index (χ0v) is 16.0. The number of H-pyrrole nitrogens is 1. The molecule has 3 heterocycles. The first-order valence-electron chi connectivity index (χ1n) is 9.65. The van der Waals surface area contributed by atoms with E-state index in [9.17, 15) is 9.90 Å². The number of aliphatic hydroxyl groups is 1. The molecule has 2 N–H and O–H groups in total. The molecule has 6 heteroatoms. The molecule has 1 aliphatic rings. The number of piperidine rings is 1. The molecular weight excluding hydrogens is 354 g/mol. The quantitative estimate of drug-likeness (QED) is 0.713. The van der Waals surface area contributed by atoms with Crippen LogP contribution < -0.4 is 10.3 Å². The summed E-state index contributed by atoms with van der Waals surface area (Å²) in [7, 11) is 1.61. The second kappa shape index (κ2) is 8.12. The van der Waals surface area contributed by atoms with E-state index in [0.717, 1.165) is 53.8 Å². The van der Waals surface area contributed by atoms with Crippen LogP contribution in [0.15, 0.2) is 53.5 Å². The van der Waals surface area contributed by atoms with Crippen molar-refractivity contribution in [1.82, 2.24) is 14.9 Å². The zero-order chi connectivity index (χ0) is 19.5. The van der Waals surface area contributed by atoms with Crippen molar-refractivity contribution in [1.29, 1.82) is 0 Å². The summed E-state index contributed by atoms with van der Waals surface area (Å²) in [4.78, 5) is 22.0. The first-order valence-corrected chi connectivity index (χ1v) is 9.65. The van der Waals surface area contributed by atoms with Crippen molar-refractivity contribution >= 4 is 10.9 Å². The maximum Gasteiger partial charge on any atom is 0.252 e. The molecule has 0 unspecified atom stereocenters. The number of ether oxygens (including phenoxy) is 1. The lowest BCUT2D eigenvalue weighted by molar-refractivity contribution is 0.0539. The molecule has 0 spiro atoms. The SMILES string of the molecule is COc1ccc2cc(CN3CCC([C@@H](O)c4ccccn4)CC3)c(=O)[nH]c2c1. The Hall–Kier alpha value is -2.70. The van der Waals surface area contributed by atoms with E-state index in [2.05, 4.69) is 14.9 Å². The van der Waals surface area contributed by atoms with E-state index >= 15 is 0 Å². The summed E-state index contributed by atoms with van der Waals surface area (Å²) < 4.78 is 5.22. The molecule has 0 amide bonds. The number of benzene rings is 1. The number of nitrogens with zero attached hydrogens (tertiary/aromatic N) is 2. The second-order valence-corrected chi connectivity index (χ2v) is 7.39. The van der Waals surface area contributed by atoms with Gasteiger partial charge in [-0.1, -0.05) is 6.07 Å². The average molecular weight is 379 g/mol. The Kier molecular flexibility index (Phi) is 5.41. The first kappa shape index (κ1) is 18.7. The smallest absolute Gasteiger partial charge is 0.252 e. The molecule has 146 valence electrons. The van der Waals surface area contributed by atoms with Crippen molar-refractivity contribution in [3.05, 3.63) is 70.3 Å². The van der Waals surface area contributed by atoms with Gasteiger partial charge in [0, 0.05) is 24.4 Å². The number of nitrogens with one attached hydrogen (secondary N) is 1. The van der Waals surface area contributed by atoms with Gasteiger partial charge in [0.1, 0.15) is 5.75 Å². The van der Waals surface area contributed by atoms with Crippen molar-refractivity contribution in [3.63, 3.8) is 0 Å². The highest BCUT2D eigenvalue weighted by Gasteiger charge is 2.27. The number of likely N-dealkylation sites (tertiary alicyclic amines) is 1. The number of methoxy groups -OCH3 is 1. The van der Waals surface area contributed by atoms with Gasteiger partial charge in [0.2, 0.25) is 0 Å². The summed E-state index contributed by atoms with van der Waals surface area (Å²) >= 11 is 0. The summed E-state index contributed by atoms with van der Waals surface area (Å²) in [5.41, 5.74) is 2.23. The van der Waals surface area contributed by atoms with Crippen molar-refractivity contribution in [3.8, 4) is 5.75 Å². The predicted octanol–water partition coefficient (Wildman–Crippen LogP) is 2.88. The van der Waals surface area contributed by atoms with Crippen LogP contribution in [0.1, 0.15) is 30.2 Å². The highest BCUT2D eigenvalue weighted by molar-refractivity contribution is 5.80. The van der Waals surface area contributed by atoms with Crippen molar-refractivity contribution < 1.29 is 9.84 Å². The van der Waals surface area contributed by atoms with Crippen LogP contribution in [-0.4, -0.2) is 40.2 Å². The number of aliphatic hydroxyl groups excluding tert-OH is 1. The minimum Gasteiger partial charge on any atom is -0.497 e. The minimum absolute atomic E-state index is 0.0589. The topological polar surface area (TPSA) is 78.5 Å². The monoisotopic (exact) mass is 379 g/mol. The molecule has 2 aromatic heterocycles. The largest absolute Gasteiger partial charge is 0.497 e. The Bertz CT molecular complexity index is 995. The van der Waals surface area contributed by atoms with Gasteiger partial charge in [0.25, 0.3) is 5.56 Å². The number of hydrogen-bond acceptors (Lipinski definition) is 5. The molecule has 1 aliphatic heterocycles. The van der Waals surface area contributed by atoms with Crippen LogP contribution in [0.5, 0.6) is 5.75 Å². The van der Waals surface area contributed by atoms with Crippen molar-refractivity contribution in [2.45, 2.75) is 25.5 Å². The summed E-state index contributed by atoms with van der Waals surface area (Å²) in [6, 6.07) is 13.3. The normalized spacial score (nSPS) is 16.9. The molecule has 0 radical (unpaired) electrons. The maximum atomic E-state index is 12.5. The molecule has 4 rings (SSSR count). The molecule has 6 nitrogen and oxygen atoms in total. The van der Waals surface area contributed by atoms with Crippen LogP contribution in [0, 0.1) is 5.92 Å². The molecule has 0 aliphatic carbocycles. The Labute approximate surface area is 163 Å². The van der Waals surface area contributed by atoms with Gasteiger partial charge in [0.05, 0.1) is 24.4 Å². The molecule has 0 bridgehead atoms. The van der Waals surface area contributed by atoms with Gasteiger partial charge in [-0.2, -0.15) is 0 Å². The standard InChI is InChI=1S/C22H25N3O3/c1-28-18-6-5-16-12-17(22(27)24-20(16)13-18)14-25-10-7-15(8-11-25)21(26)19-4-2-3-9-23-19/h2-6,9,12-13,15,21,26H,7-8,10-11,14H2,1H3,(H,24,27)/t21-/m1/s1. The molecule has 1 saturated heterocycles. The third-order valence-electron chi connectivity index (χ3n) is 5.59. The molecule has 0 saturated carbocycles. The maximum absolute atomic E-state index is 12.5. The van der Waals surface area contributed by atoms with Gasteiger partial charge in [-0.15, -0.1) is 0 Å². The molecule has 28 heavy (non-hydrogen) atoms. The van der Waals surface area contributed by atoms with Crippen LogP contribution >= 0.6 is 0 Å². The van der Waals surface area contributed by atoms with Crippen molar-refractivity contribution in [2.24, 2.45) is 5.92 Å². The fourth-order valence-corrected chi connectivity index (χ4v) is 3.93. The number of pyridine rings is 2. The Morgan fingerprint density at radius 2 is 2.07 bits per heavy atom. The molecule has 1 aromatic carbocycles. The Morgan fingerprint density at radius 3 is 2.79 bits per heavy atom. The zero-order valence-electron chi connectivity index (χ0n) is 16.0. The second-order valence-electron chi connectivity index (χ2n) is 7.39. The molecular formula is C22H25N3O3. The lowest BCUT2D eigenvalue weighted by atomic mass is 9.89. The predicted molar refractivity (Wildman–Crippen MR) is 108 cm³/mol. The number of rotatable bonds is 5. The first-order chi connectivity index (χ1) is 13.6. The van der Waals surface area contributed by atoms with E-state index < -0.39 is 6.10 Å². The highest BCUT2D eigenvalue weighted by Crippen LogP contribution is 2.30. The number of aromatic nitrogens is 2. The highest BCUT2D eigenvalue weighted by atomic mass is 16.5. The van der Waals surface area contributed by atoms with E-state index in [1.807, 2.05) is 42.5 Å². The van der Waals surface area contributed by atoms with Crippen molar-refractivity contribution in [2.75, 3.05) is 20.2 Å². The van der Waals surface area contributed by atoms with Gasteiger partial charge in [-0.3, -0.25) is 14.7 Å². The lowest BCUT2D eigenvalue weighted by Crippen LogP contribution is -2.36. The Balaban J connectivity index is 1.42. The van der Waals surface area contributed by atoms with Crippen LogP contribution in [0.2, 0.25) is 0 Å². The third-order valence-corrected chi connectivity index (χ3v) is 5.59. The fraction of sp³-hybridized carbons (Fsp3) is 0.364. The summed E-state index contributed by atoms with van der Waals surface area (Å²) in [5, 5.41) is 11.6. The third kappa shape index (κ3) is 3.93. The summed E-state index contributed by atoms with van der Waals surface area (Å²) in [6.45, 7) is 2.33. The van der Waals surface area contributed by atoms with Gasteiger partial charge in [-0.05, 0) is 67.6 Å². The number of hydrogen-bond donors (Lipinski definition) is 2. The lowest BCUT2D eigenvalue weighted by Gasteiger charge is -2.33. The fourth-order valence-electron chi connectivity index (χ4n) is 3.93. The van der Waals surface area contributed by atoms with E-state index in [4.69, 9.17) is 4.74 Å². The minimum atomic E-state index is -0.526. The van der Waals surface area contributed by atoms with Gasteiger partial charge >= 0.3 is 0 Å². The summed E-state index contributed by atoms with van der Waals surface area (Å²) in [6.07, 6.45) is 2.97. The van der Waals surface area contributed by atoms with E-state index in [0.29, 0.717) is 6.54 Å². The van der Waals surface area contributed by atoms with Crippen LogP contribution in [0.3, 0.4) is 0 Å². The van der Waals surface area contributed by atoms with E-state index in [1.165, 1.54) is 0 Å². The van der Waals surface area contributed by atoms with Crippen LogP contribution in [0.25, 0.3) is 10.9 Å². The number of fused-ring (bicyclic) bond motifs is 1.